The van der Waals surface area contributed by atoms with Crippen LogP contribution >= 0.6 is 0 Å². The van der Waals surface area contributed by atoms with Crippen molar-refractivity contribution in [1.29, 1.82) is 0 Å². The highest BCUT2D eigenvalue weighted by atomic mass is 15.0. The minimum atomic E-state index is 0.270. The Morgan fingerprint density at radius 2 is 2.07 bits per heavy atom. The van der Waals surface area contributed by atoms with Crippen LogP contribution < -0.4 is 5.32 Å². The zero-order valence-corrected chi connectivity index (χ0v) is 9.00. The van der Waals surface area contributed by atoms with Gasteiger partial charge >= 0.3 is 0 Å². The Labute approximate surface area is 91.2 Å². The fourth-order valence-corrected chi connectivity index (χ4v) is 2.79. The van der Waals surface area contributed by atoms with E-state index in [0.29, 0.717) is 0 Å². The second kappa shape index (κ2) is 3.49. The van der Waals surface area contributed by atoms with E-state index in [4.69, 9.17) is 0 Å². The fourth-order valence-electron chi connectivity index (χ4n) is 2.79. The molecule has 1 heteroatoms. The molecule has 1 aliphatic carbocycles. The number of hydrogen-bond acceptors (Lipinski definition) is 1. The first kappa shape index (κ1) is 9.17. The van der Waals surface area contributed by atoms with E-state index in [2.05, 4.69) is 41.7 Å². The Kier molecular flexibility index (Phi) is 2.14. The highest BCUT2D eigenvalue weighted by Crippen LogP contribution is 2.31. The molecule has 1 saturated heterocycles. The predicted molar refractivity (Wildman–Crippen MR) is 63.8 cm³/mol. The zero-order valence-electron chi connectivity index (χ0n) is 9.00. The third kappa shape index (κ3) is 1.61. The van der Waals surface area contributed by atoms with Gasteiger partial charge in [0, 0.05) is 5.54 Å². The lowest BCUT2D eigenvalue weighted by molar-refractivity contribution is 0.311. The number of hydrogen-bond donors (Lipinski definition) is 1. The summed E-state index contributed by atoms with van der Waals surface area (Å²) in [6.07, 6.45) is 9.82. The van der Waals surface area contributed by atoms with Gasteiger partial charge in [-0.25, -0.2) is 0 Å². The summed E-state index contributed by atoms with van der Waals surface area (Å²) in [6, 6.07) is 8.74. The molecule has 1 N–H and O–H groups in total. The molecule has 0 saturated carbocycles. The summed E-state index contributed by atoms with van der Waals surface area (Å²) in [4.78, 5) is 0. The van der Waals surface area contributed by atoms with E-state index in [1.807, 2.05) is 0 Å². The summed E-state index contributed by atoms with van der Waals surface area (Å²) in [6.45, 7) is 1.17. The van der Waals surface area contributed by atoms with Gasteiger partial charge in [-0.05, 0) is 36.9 Å². The maximum Gasteiger partial charge on any atom is 0.0408 e. The van der Waals surface area contributed by atoms with Gasteiger partial charge < -0.3 is 5.32 Å². The van der Waals surface area contributed by atoms with Crippen LogP contribution in [0.3, 0.4) is 0 Å². The Morgan fingerprint density at radius 1 is 1.13 bits per heavy atom. The van der Waals surface area contributed by atoms with E-state index in [1.54, 1.807) is 0 Å². The summed E-state index contributed by atoms with van der Waals surface area (Å²) < 4.78 is 0. The number of piperidine rings is 1. The van der Waals surface area contributed by atoms with Crippen molar-refractivity contribution in [3.63, 3.8) is 0 Å². The fraction of sp³-hybridized carbons (Fsp3) is 0.429. The third-order valence-electron chi connectivity index (χ3n) is 3.67. The predicted octanol–water partition coefficient (Wildman–Crippen LogP) is 2.77. The molecule has 78 valence electrons. The Bertz CT molecular complexity index is 386. The van der Waals surface area contributed by atoms with Crippen molar-refractivity contribution in [3.8, 4) is 0 Å². The molecular weight excluding hydrogens is 182 g/mol. The lowest BCUT2D eigenvalue weighted by Crippen LogP contribution is -2.49. The van der Waals surface area contributed by atoms with Crippen LogP contribution in [0.15, 0.2) is 30.3 Å². The summed E-state index contributed by atoms with van der Waals surface area (Å²) in [5.41, 5.74) is 3.16. The van der Waals surface area contributed by atoms with Crippen molar-refractivity contribution in [2.75, 3.05) is 6.54 Å². The van der Waals surface area contributed by atoms with Crippen molar-refractivity contribution in [1.82, 2.24) is 5.32 Å². The Hall–Kier alpha value is -1.08. The minimum Gasteiger partial charge on any atom is -0.308 e. The average Bonchev–Trinajstić information content (AvgIpc) is 2.30. The molecule has 0 radical (unpaired) electrons. The van der Waals surface area contributed by atoms with E-state index in [1.165, 1.54) is 43.4 Å². The smallest absolute Gasteiger partial charge is 0.0408 e. The first-order valence-corrected chi connectivity index (χ1v) is 5.90. The quantitative estimate of drug-likeness (QED) is 0.677. The topological polar surface area (TPSA) is 12.0 Å². The van der Waals surface area contributed by atoms with Crippen LogP contribution in [-0.2, 0) is 6.42 Å². The number of benzene rings is 1. The van der Waals surface area contributed by atoms with Gasteiger partial charge in [-0.1, -0.05) is 42.8 Å². The van der Waals surface area contributed by atoms with Gasteiger partial charge in [-0.3, -0.25) is 0 Å². The maximum atomic E-state index is 3.69. The highest BCUT2D eigenvalue weighted by Gasteiger charge is 2.31. The van der Waals surface area contributed by atoms with Crippen LogP contribution in [0.25, 0.3) is 6.08 Å². The van der Waals surface area contributed by atoms with E-state index in [9.17, 15) is 0 Å². The molecule has 0 bridgehead atoms. The lowest BCUT2D eigenvalue weighted by Gasteiger charge is -2.38. The minimum absolute atomic E-state index is 0.270. The van der Waals surface area contributed by atoms with E-state index in [0.717, 1.165) is 0 Å². The van der Waals surface area contributed by atoms with Gasteiger partial charge in [0.05, 0.1) is 0 Å². The van der Waals surface area contributed by atoms with Gasteiger partial charge in [-0.2, -0.15) is 0 Å². The monoisotopic (exact) mass is 199 g/mol. The van der Waals surface area contributed by atoms with E-state index >= 15 is 0 Å². The van der Waals surface area contributed by atoms with Gasteiger partial charge in [0.15, 0.2) is 0 Å². The number of fused-ring (bicyclic) bond motifs is 1. The van der Waals surface area contributed by atoms with Crippen LogP contribution in [0.5, 0.6) is 0 Å². The van der Waals surface area contributed by atoms with Gasteiger partial charge in [0.1, 0.15) is 0 Å². The molecule has 0 aromatic heterocycles. The molecule has 3 rings (SSSR count). The molecule has 1 spiro atoms. The van der Waals surface area contributed by atoms with Gasteiger partial charge in [0.2, 0.25) is 0 Å². The first-order chi connectivity index (χ1) is 7.38. The van der Waals surface area contributed by atoms with E-state index < -0.39 is 0 Å². The molecule has 0 amide bonds. The third-order valence-corrected chi connectivity index (χ3v) is 3.67. The molecule has 1 aromatic carbocycles. The average molecular weight is 199 g/mol. The number of rotatable bonds is 0. The molecule has 1 aliphatic heterocycles. The maximum absolute atomic E-state index is 3.69. The summed E-state index contributed by atoms with van der Waals surface area (Å²) in [7, 11) is 0. The van der Waals surface area contributed by atoms with Crippen molar-refractivity contribution in [3.05, 3.63) is 41.5 Å². The second-order valence-corrected chi connectivity index (χ2v) is 4.75. The zero-order chi connectivity index (χ0) is 10.1. The Morgan fingerprint density at radius 3 is 2.93 bits per heavy atom. The van der Waals surface area contributed by atoms with Crippen LogP contribution in [0.2, 0.25) is 0 Å². The molecule has 15 heavy (non-hydrogen) atoms. The SMILES string of the molecule is C1=CC2(CCCCN2)Cc2ccccc21. The summed E-state index contributed by atoms with van der Waals surface area (Å²) >= 11 is 0. The molecule has 1 heterocycles. The summed E-state index contributed by atoms with van der Waals surface area (Å²) in [5, 5.41) is 3.69. The van der Waals surface area contributed by atoms with Crippen molar-refractivity contribution < 1.29 is 0 Å². The molecule has 2 aliphatic rings. The van der Waals surface area contributed by atoms with Crippen molar-refractivity contribution >= 4 is 6.08 Å². The van der Waals surface area contributed by atoms with Crippen LogP contribution in [0, 0.1) is 0 Å². The standard InChI is InChI=1S/C14H17N/c1-2-6-13-11-14(8-3-4-10-15-14)9-7-12(13)5-1/h1-2,5-7,9,15H,3-4,8,10-11H2. The largest absolute Gasteiger partial charge is 0.308 e. The number of nitrogens with one attached hydrogen (secondary N) is 1. The lowest BCUT2D eigenvalue weighted by atomic mass is 9.78. The molecule has 1 aromatic rings. The molecule has 1 unspecified atom stereocenters. The first-order valence-electron chi connectivity index (χ1n) is 5.90. The van der Waals surface area contributed by atoms with Gasteiger partial charge in [0.25, 0.3) is 0 Å². The normalized spacial score (nSPS) is 29.1. The molecule has 1 fully saturated rings. The molecular formula is C14H17N. The highest BCUT2D eigenvalue weighted by molar-refractivity contribution is 5.59. The van der Waals surface area contributed by atoms with Crippen molar-refractivity contribution in [2.24, 2.45) is 0 Å². The van der Waals surface area contributed by atoms with Crippen molar-refractivity contribution in [2.45, 2.75) is 31.2 Å². The Balaban J connectivity index is 1.94. The van der Waals surface area contributed by atoms with Gasteiger partial charge in [-0.15, -0.1) is 0 Å². The van der Waals surface area contributed by atoms with Crippen LogP contribution in [-0.4, -0.2) is 12.1 Å². The van der Waals surface area contributed by atoms with E-state index in [-0.39, 0.29) is 5.54 Å². The van der Waals surface area contributed by atoms with Crippen LogP contribution in [0.4, 0.5) is 0 Å². The summed E-state index contributed by atoms with van der Waals surface area (Å²) in [5.74, 6) is 0. The molecule has 1 nitrogen and oxygen atoms in total. The molecule has 1 atom stereocenters. The van der Waals surface area contributed by atoms with Crippen LogP contribution in [0.1, 0.15) is 30.4 Å². The second-order valence-electron chi connectivity index (χ2n) is 4.75.